The highest BCUT2D eigenvalue weighted by Gasteiger charge is 2.24. The van der Waals surface area contributed by atoms with E-state index in [-0.39, 0.29) is 4.90 Å². The van der Waals surface area contributed by atoms with Crippen LogP contribution >= 0.6 is 0 Å². The highest BCUT2D eigenvalue weighted by molar-refractivity contribution is 7.86. The maximum Gasteiger partial charge on any atom is 0.295 e. The standard InChI is InChI=1S/C19H26O3S/c1-4-9-14-15(10-5-2)17(11-6-3)19(23(20,21)22)18-13-8-7-12-16(14)18/h7-8,12-13H,4-6,9-11H2,1-3H3,(H,20,21,22). The van der Waals surface area contributed by atoms with E-state index in [0.29, 0.717) is 11.8 Å². The molecule has 0 radical (unpaired) electrons. The Morgan fingerprint density at radius 3 is 1.78 bits per heavy atom. The molecule has 0 heterocycles. The maximum absolute atomic E-state index is 12.1. The molecule has 126 valence electrons. The van der Waals surface area contributed by atoms with Crippen LogP contribution in [0.2, 0.25) is 0 Å². The second kappa shape index (κ2) is 7.45. The lowest BCUT2D eigenvalue weighted by Crippen LogP contribution is -2.11. The molecule has 3 nitrogen and oxygen atoms in total. The van der Waals surface area contributed by atoms with Crippen LogP contribution in [0, 0.1) is 0 Å². The van der Waals surface area contributed by atoms with Gasteiger partial charge in [0.2, 0.25) is 0 Å². The normalized spacial score (nSPS) is 12.0. The first-order valence-corrected chi connectivity index (χ1v) is 9.92. The third-order valence-electron chi connectivity index (χ3n) is 4.26. The average molecular weight is 334 g/mol. The Morgan fingerprint density at radius 1 is 0.783 bits per heavy atom. The van der Waals surface area contributed by atoms with Crippen molar-refractivity contribution in [1.29, 1.82) is 0 Å². The number of aryl methyl sites for hydroxylation is 1. The summed E-state index contributed by atoms with van der Waals surface area (Å²) in [5.74, 6) is 0. The zero-order valence-electron chi connectivity index (χ0n) is 14.2. The molecule has 2 aromatic carbocycles. The lowest BCUT2D eigenvalue weighted by molar-refractivity contribution is 0.483. The summed E-state index contributed by atoms with van der Waals surface area (Å²) in [6.45, 7) is 6.28. The molecule has 0 aliphatic rings. The molecule has 0 bridgehead atoms. The molecule has 0 aromatic heterocycles. The van der Waals surface area contributed by atoms with Gasteiger partial charge in [-0.05, 0) is 41.3 Å². The molecule has 0 saturated carbocycles. The number of hydrogen-bond acceptors (Lipinski definition) is 2. The second-order valence-electron chi connectivity index (χ2n) is 6.04. The van der Waals surface area contributed by atoms with Crippen LogP contribution in [0.3, 0.4) is 0 Å². The summed E-state index contributed by atoms with van der Waals surface area (Å²) >= 11 is 0. The first-order valence-electron chi connectivity index (χ1n) is 8.48. The Hall–Kier alpha value is -1.39. The monoisotopic (exact) mass is 334 g/mol. The molecule has 4 heteroatoms. The van der Waals surface area contributed by atoms with Crippen LogP contribution in [-0.2, 0) is 29.4 Å². The van der Waals surface area contributed by atoms with E-state index in [0.717, 1.165) is 48.6 Å². The van der Waals surface area contributed by atoms with Crippen molar-refractivity contribution in [1.82, 2.24) is 0 Å². The van der Waals surface area contributed by atoms with Crippen LogP contribution < -0.4 is 0 Å². The summed E-state index contributed by atoms with van der Waals surface area (Å²) in [7, 11) is -4.25. The molecule has 0 aliphatic carbocycles. The Kier molecular flexibility index (Phi) is 5.82. The minimum absolute atomic E-state index is 0.123. The lowest BCUT2D eigenvalue weighted by atomic mass is 9.87. The molecule has 0 spiro atoms. The van der Waals surface area contributed by atoms with E-state index in [1.807, 2.05) is 31.2 Å². The first kappa shape index (κ1) is 18.0. The van der Waals surface area contributed by atoms with Crippen molar-refractivity contribution in [3.05, 3.63) is 41.0 Å². The molecule has 2 aromatic rings. The summed E-state index contributed by atoms with van der Waals surface area (Å²) < 4.78 is 34.1. The molecule has 0 atom stereocenters. The largest absolute Gasteiger partial charge is 0.295 e. The van der Waals surface area contributed by atoms with Crippen molar-refractivity contribution in [3.8, 4) is 0 Å². The molecule has 0 fully saturated rings. The predicted octanol–water partition coefficient (Wildman–Crippen LogP) is 4.94. The van der Waals surface area contributed by atoms with Crippen LogP contribution in [0.1, 0.15) is 56.7 Å². The van der Waals surface area contributed by atoms with Crippen LogP contribution in [0.15, 0.2) is 29.2 Å². The van der Waals surface area contributed by atoms with Gasteiger partial charge in [0.25, 0.3) is 10.1 Å². The Labute approximate surface area is 139 Å². The van der Waals surface area contributed by atoms with Crippen LogP contribution in [0.4, 0.5) is 0 Å². The molecule has 2 rings (SSSR count). The van der Waals surface area contributed by atoms with Crippen molar-refractivity contribution in [2.24, 2.45) is 0 Å². The van der Waals surface area contributed by atoms with E-state index < -0.39 is 10.1 Å². The fourth-order valence-corrected chi connectivity index (χ4v) is 4.48. The van der Waals surface area contributed by atoms with Gasteiger partial charge in [0.15, 0.2) is 0 Å². The van der Waals surface area contributed by atoms with E-state index in [2.05, 4.69) is 13.8 Å². The number of fused-ring (bicyclic) bond motifs is 1. The summed E-state index contributed by atoms with van der Waals surface area (Å²) in [5, 5.41) is 1.62. The second-order valence-corrected chi connectivity index (χ2v) is 7.39. The van der Waals surface area contributed by atoms with E-state index in [1.54, 1.807) is 0 Å². The van der Waals surface area contributed by atoms with Crippen molar-refractivity contribution in [3.63, 3.8) is 0 Å². The number of benzene rings is 2. The van der Waals surface area contributed by atoms with E-state index in [4.69, 9.17) is 0 Å². The summed E-state index contributed by atoms with van der Waals surface area (Å²) in [6.07, 6.45) is 5.26. The van der Waals surface area contributed by atoms with Gasteiger partial charge in [-0.1, -0.05) is 64.3 Å². The highest BCUT2D eigenvalue weighted by atomic mass is 32.2. The first-order chi connectivity index (χ1) is 11.0. The van der Waals surface area contributed by atoms with Crippen molar-refractivity contribution in [2.75, 3.05) is 0 Å². The molecular formula is C19H26O3S. The minimum Gasteiger partial charge on any atom is -0.282 e. The van der Waals surface area contributed by atoms with Gasteiger partial charge in [0, 0.05) is 5.39 Å². The summed E-state index contributed by atoms with van der Waals surface area (Å²) in [5.41, 5.74) is 3.20. The van der Waals surface area contributed by atoms with E-state index >= 15 is 0 Å². The molecular weight excluding hydrogens is 308 g/mol. The maximum atomic E-state index is 12.1. The summed E-state index contributed by atoms with van der Waals surface area (Å²) in [4.78, 5) is 0.123. The van der Waals surface area contributed by atoms with Crippen LogP contribution in [0.5, 0.6) is 0 Å². The smallest absolute Gasteiger partial charge is 0.282 e. The topological polar surface area (TPSA) is 54.4 Å². The average Bonchev–Trinajstić information content (AvgIpc) is 2.49. The highest BCUT2D eigenvalue weighted by Crippen LogP contribution is 2.36. The SMILES string of the molecule is CCCc1c(CCC)c(S(=O)(=O)O)c2ccccc2c1CCC. The third kappa shape index (κ3) is 3.59. The Balaban J connectivity index is 3.01. The van der Waals surface area contributed by atoms with Gasteiger partial charge in [-0.2, -0.15) is 8.42 Å². The van der Waals surface area contributed by atoms with Crippen LogP contribution in [0.25, 0.3) is 10.8 Å². The molecule has 0 saturated heterocycles. The van der Waals surface area contributed by atoms with Gasteiger partial charge in [-0.15, -0.1) is 0 Å². The van der Waals surface area contributed by atoms with Crippen molar-refractivity contribution >= 4 is 20.9 Å². The number of hydrogen-bond donors (Lipinski definition) is 1. The van der Waals surface area contributed by atoms with Crippen molar-refractivity contribution in [2.45, 2.75) is 64.2 Å². The Bertz CT molecular complexity index is 792. The minimum atomic E-state index is -4.25. The molecule has 23 heavy (non-hydrogen) atoms. The molecule has 0 amide bonds. The van der Waals surface area contributed by atoms with Crippen molar-refractivity contribution < 1.29 is 13.0 Å². The Morgan fingerprint density at radius 2 is 1.26 bits per heavy atom. The van der Waals surface area contributed by atoms with Gasteiger partial charge in [-0.25, -0.2) is 0 Å². The van der Waals surface area contributed by atoms with E-state index in [9.17, 15) is 13.0 Å². The quantitative estimate of drug-likeness (QED) is 0.729. The van der Waals surface area contributed by atoms with Gasteiger partial charge in [0.05, 0.1) is 0 Å². The summed E-state index contributed by atoms with van der Waals surface area (Å²) in [6, 6.07) is 7.56. The zero-order chi connectivity index (χ0) is 17.0. The van der Waals surface area contributed by atoms with E-state index in [1.165, 1.54) is 5.56 Å². The van der Waals surface area contributed by atoms with Gasteiger partial charge in [0.1, 0.15) is 4.90 Å². The zero-order valence-corrected chi connectivity index (χ0v) is 15.0. The van der Waals surface area contributed by atoms with Gasteiger partial charge in [-0.3, -0.25) is 4.55 Å². The molecule has 1 N–H and O–H groups in total. The van der Waals surface area contributed by atoms with Gasteiger partial charge >= 0.3 is 0 Å². The predicted molar refractivity (Wildman–Crippen MR) is 95.7 cm³/mol. The fourth-order valence-electron chi connectivity index (χ4n) is 3.48. The number of rotatable bonds is 7. The molecule has 0 aliphatic heterocycles. The third-order valence-corrected chi connectivity index (χ3v) is 5.24. The molecule has 0 unspecified atom stereocenters. The van der Waals surface area contributed by atoms with Crippen LogP contribution in [-0.4, -0.2) is 13.0 Å². The van der Waals surface area contributed by atoms with Gasteiger partial charge < -0.3 is 0 Å². The lowest BCUT2D eigenvalue weighted by Gasteiger charge is -2.21. The fraction of sp³-hybridized carbons (Fsp3) is 0.474.